The zero-order valence-electron chi connectivity index (χ0n) is 10.3. The molecular weight excluding hydrogens is 275 g/mol. The predicted octanol–water partition coefficient (Wildman–Crippen LogP) is 2.67. The summed E-state index contributed by atoms with van der Waals surface area (Å²) in [5.41, 5.74) is 5.36. The first-order chi connectivity index (χ1) is 8.11. The van der Waals surface area contributed by atoms with Gasteiger partial charge in [-0.2, -0.15) is 0 Å². The van der Waals surface area contributed by atoms with Crippen LogP contribution in [0.25, 0.3) is 0 Å². The summed E-state index contributed by atoms with van der Waals surface area (Å²) in [6.45, 7) is 5.34. The van der Waals surface area contributed by atoms with E-state index in [1.807, 2.05) is 0 Å². The SMILES string of the molecule is CC(C)(C)NC(=O)C(=O)c1cc(Cl)c(N)c(Cl)c1. The molecule has 1 amide bonds. The molecule has 1 aromatic rings. The van der Waals surface area contributed by atoms with Gasteiger partial charge in [-0.05, 0) is 32.9 Å². The van der Waals surface area contributed by atoms with Crippen LogP contribution in [0, 0.1) is 0 Å². The van der Waals surface area contributed by atoms with Crippen molar-refractivity contribution in [2.24, 2.45) is 0 Å². The summed E-state index contributed by atoms with van der Waals surface area (Å²) in [6.07, 6.45) is 0. The lowest BCUT2D eigenvalue weighted by atomic mass is 10.1. The quantitative estimate of drug-likeness (QED) is 0.499. The Hall–Kier alpha value is -1.26. The molecule has 1 rings (SSSR count). The summed E-state index contributed by atoms with van der Waals surface area (Å²) in [4.78, 5) is 23.6. The molecule has 0 heterocycles. The molecule has 1 aromatic carbocycles. The molecule has 0 spiro atoms. The number of nitrogens with one attached hydrogen (secondary N) is 1. The van der Waals surface area contributed by atoms with E-state index in [2.05, 4.69) is 5.32 Å². The van der Waals surface area contributed by atoms with Crippen molar-refractivity contribution in [1.29, 1.82) is 0 Å². The maximum Gasteiger partial charge on any atom is 0.292 e. The monoisotopic (exact) mass is 288 g/mol. The van der Waals surface area contributed by atoms with Crippen LogP contribution in [-0.4, -0.2) is 17.2 Å². The molecule has 0 radical (unpaired) electrons. The van der Waals surface area contributed by atoms with Crippen LogP contribution < -0.4 is 11.1 Å². The highest BCUT2D eigenvalue weighted by molar-refractivity contribution is 6.45. The van der Waals surface area contributed by atoms with Gasteiger partial charge in [0.2, 0.25) is 5.78 Å². The minimum absolute atomic E-state index is 0.112. The lowest BCUT2D eigenvalue weighted by molar-refractivity contribution is -0.118. The second-order valence-electron chi connectivity index (χ2n) is 4.89. The first-order valence-electron chi connectivity index (χ1n) is 5.23. The van der Waals surface area contributed by atoms with Gasteiger partial charge in [0.1, 0.15) is 0 Å². The van der Waals surface area contributed by atoms with Gasteiger partial charge in [0.05, 0.1) is 15.7 Å². The number of Topliss-reactive ketones (excluding diaryl/α,β-unsaturated/α-hetero) is 1. The van der Waals surface area contributed by atoms with Crippen molar-refractivity contribution in [2.75, 3.05) is 5.73 Å². The number of nitrogens with two attached hydrogens (primary N) is 1. The number of amides is 1. The van der Waals surface area contributed by atoms with Crippen LogP contribution >= 0.6 is 23.2 Å². The van der Waals surface area contributed by atoms with Crippen LogP contribution in [0.15, 0.2) is 12.1 Å². The lowest BCUT2D eigenvalue weighted by Crippen LogP contribution is -2.44. The number of anilines is 1. The molecule has 0 fully saturated rings. The molecule has 0 bridgehead atoms. The van der Waals surface area contributed by atoms with Gasteiger partial charge in [-0.3, -0.25) is 9.59 Å². The van der Waals surface area contributed by atoms with Gasteiger partial charge >= 0.3 is 0 Å². The van der Waals surface area contributed by atoms with E-state index in [1.54, 1.807) is 20.8 Å². The topological polar surface area (TPSA) is 72.2 Å². The molecule has 0 aliphatic carbocycles. The zero-order valence-corrected chi connectivity index (χ0v) is 11.8. The smallest absolute Gasteiger partial charge is 0.292 e. The van der Waals surface area contributed by atoms with Crippen LogP contribution in [0.2, 0.25) is 10.0 Å². The van der Waals surface area contributed by atoms with Crippen LogP contribution in [-0.2, 0) is 4.79 Å². The minimum Gasteiger partial charge on any atom is -0.396 e. The minimum atomic E-state index is -0.709. The number of carbonyl (C=O) groups excluding carboxylic acids is 2. The van der Waals surface area contributed by atoms with Crippen LogP contribution in [0.5, 0.6) is 0 Å². The molecule has 0 aliphatic heterocycles. The summed E-state index contributed by atoms with van der Waals surface area (Å²) in [5, 5.41) is 2.86. The highest BCUT2D eigenvalue weighted by atomic mass is 35.5. The molecule has 98 valence electrons. The van der Waals surface area contributed by atoms with E-state index in [-0.39, 0.29) is 21.3 Å². The normalized spacial score (nSPS) is 11.2. The van der Waals surface area contributed by atoms with Crippen LogP contribution in [0.1, 0.15) is 31.1 Å². The molecular formula is C12H14Cl2N2O2. The summed E-state index contributed by atoms with van der Waals surface area (Å²) in [6, 6.07) is 2.65. The Morgan fingerprint density at radius 1 is 1.17 bits per heavy atom. The predicted molar refractivity (Wildman–Crippen MR) is 73.1 cm³/mol. The van der Waals surface area contributed by atoms with Gasteiger partial charge < -0.3 is 11.1 Å². The summed E-state index contributed by atoms with van der Waals surface area (Å²) < 4.78 is 0. The van der Waals surface area contributed by atoms with Gasteiger partial charge in [0.25, 0.3) is 5.91 Å². The molecule has 4 nitrogen and oxygen atoms in total. The average Bonchev–Trinajstić information content (AvgIpc) is 2.21. The number of nitrogen functional groups attached to an aromatic ring is 1. The fourth-order valence-corrected chi connectivity index (χ4v) is 1.73. The van der Waals surface area contributed by atoms with Crippen molar-refractivity contribution >= 4 is 40.6 Å². The maximum atomic E-state index is 11.9. The highest BCUT2D eigenvalue weighted by Gasteiger charge is 2.22. The van der Waals surface area contributed by atoms with Crippen molar-refractivity contribution in [1.82, 2.24) is 5.32 Å². The largest absolute Gasteiger partial charge is 0.396 e. The Balaban J connectivity index is 3.02. The van der Waals surface area contributed by atoms with Crippen molar-refractivity contribution in [3.63, 3.8) is 0 Å². The maximum absolute atomic E-state index is 11.9. The summed E-state index contributed by atoms with van der Waals surface area (Å²) in [7, 11) is 0. The van der Waals surface area contributed by atoms with Gasteiger partial charge in [0, 0.05) is 11.1 Å². The third kappa shape index (κ3) is 3.62. The first kappa shape index (κ1) is 14.8. The molecule has 0 aliphatic rings. The van der Waals surface area contributed by atoms with E-state index >= 15 is 0 Å². The lowest BCUT2D eigenvalue weighted by Gasteiger charge is -2.19. The fraction of sp³-hybridized carbons (Fsp3) is 0.333. The zero-order chi connectivity index (χ0) is 14.1. The van der Waals surface area contributed by atoms with Crippen molar-refractivity contribution in [3.05, 3.63) is 27.7 Å². The van der Waals surface area contributed by atoms with Crippen molar-refractivity contribution in [2.45, 2.75) is 26.3 Å². The molecule has 0 aromatic heterocycles. The van der Waals surface area contributed by atoms with E-state index in [1.165, 1.54) is 12.1 Å². The number of halogens is 2. The third-order valence-electron chi connectivity index (χ3n) is 2.04. The number of hydrogen-bond donors (Lipinski definition) is 2. The number of ketones is 1. The van der Waals surface area contributed by atoms with E-state index < -0.39 is 17.2 Å². The molecule has 0 saturated heterocycles. The van der Waals surface area contributed by atoms with E-state index in [0.29, 0.717) is 0 Å². The second kappa shape index (κ2) is 5.16. The molecule has 3 N–H and O–H groups in total. The van der Waals surface area contributed by atoms with E-state index in [0.717, 1.165) is 0 Å². The number of carbonyl (C=O) groups is 2. The molecule has 0 unspecified atom stereocenters. The van der Waals surface area contributed by atoms with Crippen LogP contribution in [0.4, 0.5) is 5.69 Å². The fourth-order valence-electron chi connectivity index (χ4n) is 1.24. The molecule has 6 heteroatoms. The Morgan fingerprint density at radius 3 is 2.00 bits per heavy atom. The van der Waals surface area contributed by atoms with Gasteiger partial charge in [-0.15, -0.1) is 0 Å². The van der Waals surface area contributed by atoms with E-state index in [4.69, 9.17) is 28.9 Å². The Morgan fingerprint density at radius 2 is 1.61 bits per heavy atom. The number of hydrogen-bond acceptors (Lipinski definition) is 3. The Kier molecular flexibility index (Phi) is 4.24. The van der Waals surface area contributed by atoms with Crippen molar-refractivity contribution in [3.8, 4) is 0 Å². The van der Waals surface area contributed by atoms with Crippen LogP contribution in [0.3, 0.4) is 0 Å². The second-order valence-corrected chi connectivity index (χ2v) is 5.70. The van der Waals surface area contributed by atoms with Crippen molar-refractivity contribution < 1.29 is 9.59 Å². The summed E-state index contributed by atoms with van der Waals surface area (Å²) in [5.74, 6) is -1.41. The van der Waals surface area contributed by atoms with Gasteiger partial charge in [0.15, 0.2) is 0 Å². The molecule has 18 heavy (non-hydrogen) atoms. The average molecular weight is 289 g/mol. The van der Waals surface area contributed by atoms with Gasteiger partial charge in [-0.25, -0.2) is 0 Å². The van der Waals surface area contributed by atoms with E-state index in [9.17, 15) is 9.59 Å². The Bertz CT molecular complexity index is 484. The standard InChI is InChI=1S/C12H14Cl2N2O2/c1-12(2,3)16-11(18)10(17)6-4-7(13)9(15)8(14)5-6/h4-5H,15H2,1-3H3,(H,16,18). The first-order valence-corrected chi connectivity index (χ1v) is 5.99. The third-order valence-corrected chi connectivity index (χ3v) is 2.66. The molecule has 0 saturated carbocycles. The summed E-state index contributed by atoms with van der Waals surface area (Å²) >= 11 is 11.6. The molecule has 0 atom stereocenters. The number of benzene rings is 1. The Labute approximate surface area is 115 Å². The highest BCUT2D eigenvalue weighted by Crippen LogP contribution is 2.29. The van der Waals surface area contributed by atoms with Gasteiger partial charge in [-0.1, -0.05) is 23.2 Å². The number of rotatable bonds is 2.